The summed E-state index contributed by atoms with van der Waals surface area (Å²) in [7, 11) is 1.47. The number of nitrogens with one attached hydrogen (secondary N) is 4. The van der Waals surface area contributed by atoms with E-state index >= 15 is 0 Å². The fraction of sp³-hybridized carbons (Fsp3) is 0.688. The van der Waals surface area contributed by atoms with Crippen LogP contribution < -0.4 is 196 Å². The van der Waals surface area contributed by atoms with Gasteiger partial charge in [-0.2, -0.15) is 5.96 Å². The van der Waals surface area contributed by atoms with E-state index in [0.29, 0.717) is 38.8 Å². The van der Waals surface area contributed by atoms with Gasteiger partial charge in [0.25, 0.3) is 0 Å². The minimum Gasteiger partial charge on any atom is -0.594 e. The van der Waals surface area contributed by atoms with E-state index in [1.807, 2.05) is 13.8 Å². The Balaban J connectivity index is -0.000000605. The van der Waals surface area contributed by atoms with Gasteiger partial charge in [0.05, 0.1) is 5.91 Å². The topological polar surface area (TPSA) is 163 Å². The first-order chi connectivity index (χ1) is 12.4. The average molecular weight is 625 g/mol. The van der Waals surface area contributed by atoms with Crippen LogP contribution in [0.15, 0.2) is 0 Å². The number of likely N-dealkylation sites (tertiary alicyclic amines) is 1. The third-order valence-corrected chi connectivity index (χ3v) is 3.82. The van der Waals surface area contributed by atoms with Gasteiger partial charge in [-0.05, 0) is 19.3 Å². The number of nitrogens with zero attached hydrogens (tertiary/aromatic N) is 2. The van der Waals surface area contributed by atoms with Gasteiger partial charge >= 0.3 is 175 Å². The van der Waals surface area contributed by atoms with Crippen LogP contribution in [-0.2, 0) is 14.4 Å². The zero-order chi connectivity index (χ0) is 20.1. The Kier molecular flexibility index (Phi) is 32.5. The predicted octanol–water partition coefficient (Wildman–Crippen LogP) is -9.29. The fourth-order valence-electron chi connectivity index (χ4n) is 2.62. The molecule has 13 heteroatoms. The van der Waals surface area contributed by atoms with Gasteiger partial charge in [0.1, 0.15) is 12.1 Å². The van der Waals surface area contributed by atoms with Crippen LogP contribution in [0.4, 0.5) is 0 Å². The second-order valence-electron chi connectivity index (χ2n) is 5.45. The third kappa shape index (κ3) is 16.2. The molecule has 150 valence electrons. The maximum absolute atomic E-state index is 12.4. The molecule has 0 saturated carbocycles. The summed E-state index contributed by atoms with van der Waals surface area (Å²) in [6, 6.07) is -1.38. The van der Waals surface area contributed by atoms with E-state index in [0.717, 1.165) is 6.54 Å². The molecule has 1 aliphatic rings. The van der Waals surface area contributed by atoms with Gasteiger partial charge < -0.3 is 42.5 Å². The number of carbonyl (C=O) groups excluding carboxylic acids is 3. The van der Waals surface area contributed by atoms with Crippen LogP contribution in [0.1, 0.15) is 39.5 Å². The molecule has 0 bridgehead atoms. The van der Waals surface area contributed by atoms with Gasteiger partial charge in [-0.15, -0.1) is 0 Å². The second kappa shape index (κ2) is 24.1. The maximum atomic E-state index is 12.4. The molecule has 2 unspecified atom stereocenters. The zero-order valence-corrected chi connectivity index (χ0v) is 33.4. The molecule has 1 fully saturated rings. The summed E-state index contributed by atoms with van der Waals surface area (Å²) in [6.07, 6.45) is 2.01. The molecule has 10 nitrogen and oxygen atoms in total. The first kappa shape index (κ1) is 39.2. The molecule has 0 aliphatic carbocycles. The summed E-state index contributed by atoms with van der Waals surface area (Å²) >= 11 is 0. The van der Waals surface area contributed by atoms with Crippen LogP contribution in [-0.4, -0.2) is 60.8 Å². The van der Waals surface area contributed by atoms with Crippen molar-refractivity contribution in [1.82, 2.24) is 20.9 Å². The molecular formula is C16H30N7O3Rb3. The van der Waals surface area contributed by atoms with E-state index in [1.54, 1.807) is 0 Å². The molecule has 1 heterocycles. The van der Waals surface area contributed by atoms with Crippen LogP contribution >= 0.6 is 0 Å². The maximum Gasteiger partial charge on any atom is 1.00 e. The number of hydrogen-bond acceptors (Lipinski definition) is 4. The van der Waals surface area contributed by atoms with E-state index in [4.69, 9.17) is 16.9 Å². The third-order valence-electron chi connectivity index (χ3n) is 3.82. The van der Waals surface area contributed by atoms with Crippen LogP contribution in [0.3, 0.4) is 0 Å². The monoisotopic (exact) mass is 623 g/mol. The number of likely N-dealkylation sites (N-methyl/N-ethyl adjacent to an activating group) is 1. The Morgan fingerprint density at radius 2 is 1.86 bits per heavy atom. The van der Waals surface area contributed by atoms with Gasteiger partial charge in [-0.25, -0.2) is 6.54 Å². The molecule has 29 heavy (non-hydrogen) atoms. The van der Waals surface area contributed by atoms with Gasteiger partial charge in [-0.1, -0.05) is 26.8 Å². The van der Waals surface area contributed by atoms with Gasteiger partial charge in [0.15, 0.2) is 0 Å². The summed E-state index contributed by atoms with van der Waals surface area (Å²) in [5.74, 6) is -1.79. The SMILES string of the molecule is CC.CNC(=O)C(CCCNC(=[N-])[NH-])NC(=O)C1CCCN1C(=O)[CH-]N.[Rb+].[Rb+].[Rb+]. The van der Waals surface area contributed by atoms with E-state index in [-0.39, 0.29) is 186 Å². The largest absolute Gasteiger partial charge is 1.00 e. The Morgan fingerprint density at radius 1 is 1.28 bits per heavy atom. The number of carbonyl (C=O) groups is 3. The van der Waals surface area contributed by atoms with Crippen molar-refractivity contribution < 1.29 is 189 Å². The number of guanidine groups is 1. The molecule has 0 aromatic heterocycles. The number of amides is 3. The van der Waals surface area contributed by atoms with Crippen molar-refractivity contribution in [2.24, 2.45) is 5.73 Å². The minimum absolute atomic E-state index is 0. The summed E-state index contributed by atoms with van der Waals surface area (Å²) in [6.45, 7) is 5.68. The Bertz CT molecular complexity index is 498. The smallest absolute Gasteiger partial charge is 0.594 e. The molecule has 2 atom stereocenters. The fourth-order valence-corrected chi connectivity index (χ4v) is 2.62. The van der Waals surface area contributed by atoms with Crippen LogP contribution in [0.2, 0.25) is 0 Å². The van der Waals surface area contributed by atoms with Crippen LogP contribution in [0, 0.1) is 6.54 Å². The summed E-state index contributed by atoms with van der Waals surface area (Å²) in [5.41, 5.74) is 12.1. The van der Waals surface area contributed by atoms with Crippen LogP contribution in [0.25, 0.3) is 11.1 Å². The molecule has 6 N–H and O–H groups in total. The van der Waals surface area contributed by atoms with Crippen molar-refractivity contribution >= 4 is 23.7 Å². The molecule has 1 rings (SSSR count). The molecule has 0 spiro atoms. The minimum atomic E-state index is -0.753. The van der Waals surface area contributed by atoms with E-state index in [1.165, 1.54) is 11.9 Å². The van der Waals surface area contributed by atoms with Crippen molar-refractivity contribution in [1.29, 1.82) is 0 Å². The first-order valence-electron chi connectivity index (χ1n) is 8.79. The summed E-state index contributed by atoms with van der Waals surface area (Å²) in [5, 5.41) is 16.3. The Labute approximate surface area is 320 Å². The van der Waals surface area contributed by atoms with E-state index in [2.05, 4.69) is 16.0 Å². The van der Waals surface area contributed by atoms with Gasteiger partial charge in [-0.3, -0.25) is 9.59 Å². The molecule has 0 radical (unpaired) electrons. The predicted molar refractivity (Wildman–Crippen MR) is 100 cm³/mol. The van der Waals surface area contributed by atoms with Crippen molar-refractivity contribution in [3.8, 4) is 0 Å². The zero-order valence-electron chi connectivity index (χ0n) is 18.7. The number of hydrogen-bond donors (Lipinski definition) is 4. The van der Waals surface area contributed by atoms with Crippen molar-refractivity contribution in [2.75, 3.05) is 20.1 Å². The normalized spacial score (nSPS) is 14.9. The van der Waals surface area contributed by atoms with Crippen molar-refractivity contribution in [3.05, 3.63) is 17.7 Å². The Hall–Kier alpha value is 2.93. The molecule has 1 aliphatic heterocycles. The molecule has 0 aromatic rings. The Morgan fingerprint density at radius 3 is 2.34 bits per heavy atom. The van der Waals surface area contributed by atoms with Crippen molar-refractivity contribution in [2.45, 2.75) is 51.6 Å². The average Bonchev–Trinajstić information content (AvgIpc) is 3.14. The van der Waals surface area contributed by atoms with E-state index < -0.39 is 24.0 Å². The number of nitrogens with two attached hydrogens (primary N) is 1. The summed E-state index contributed by atoms with van der Waals surface area (Å²) < 4.78 is 0. The molecule has 1 saturated heterocycles. The molecule has 3 amide bonds. The molecular weight excluding hydrogens is 595 g/mol. The first-order valence-corrected chi connectivity index (χ1v) is 8.79. The number of rotatable bonds is 8. The van der Waals surface area contributed by atoms with E-state index in [9.17, 15) is 14.4 Å². The standard InChI is InChI=1S/C14H26N7O3.C2H6.3Rb/c1-18-12(23)9(4-2-6-19-14(16)17)20-13(24)10-5-3-7-21(10)11(22)8-15;1-2;;;/h8-10H,2-7,15H2,1H3,(H6,16,17,18,19,20,23,24);1-2H3;;;/q-1;;3*+1/p-2. The summed E-state index contributed by atoms with van der Waals surface area (Å²) in [4.78, 5) is 37.4. The van der Waals surface area contributed by atoms with Gasteiger partial charge in [0.2, 0.25) is 11.8 Å². The van der Waals surface area contributed by atoms with Crippen molar-refractivity contribution in [3.63, 3.8) is 0 Å². The second-order valence-corrected chi connectivity index (χ2v) is 5.45. The van der Waals surface area contributed by atoms with Gasteiger partial charge in [0, 0.05) is 13.6 Å². The quantitative estimate of drug-likeness (QED) is 0.0911. The molecule has 0 aromatic carbocycles. The van der Waals surface area contributed by atoms with Crippen LogP contribution in [0.5, 0.6) is 0 Å².